The molecule has 0 amide bonds. The molecule has 0 radical (unpaired) electrons. The standard InChI is InChI=1S/C9H13N5O2/c1-5-2-3-7(10)13-8(5)9(16)6(15)4-12-14-11/h2-3,6,9,15-16H,4H2,1H3,(H2,10,13). The number of anilines is 1. The Balaban J connectivity index is 2.90. The Morgan fingerprint density at radius 3 is 2.88 bits per heavy atom. The van der Waals surface area contributed by atoms with Gasteiger partial charge in [0.1, 0.15) is 11.9 Å². The molecule has 0 spiro atoms. The van der Waals surface area contributed by atoms with E-state index in [0.717, 1.165) is 0 Å². The van der Waals surface area contributed by atoms with Crippen LogP contribution in [0.25, 0.3) is 10.4 Å². The summed E-state index contributed by atoms with van der Waals surface area (Å²) in [4.78, 5) is 6.44. The van der Waals surface area contributed by atoms with Gasteiger partial charge in [0.05, 0.1) is 18.3 Å². The maximum Gasteiger partial charge on any atom is 0.123 e. The molecule has 2 unspecified atom stereocenters. The van der Waals surface area contributed by atoms with Gasteiger partial charge in [-0.15, -0.1) is 0 Å². The van der Waals surface area contributed by atoms with Crippen LogP contribution in [0.5, 0.6) is 0 Å². The Labute approximate surface area is 92.2 Å². The number of nitrogens with zero attached hydrogens (tertiary/aromatic N) is 4. The number of nitrogens with two attached hydrogens (primary N) is 1. The summed E-state index contributed by atoms with van der Waals surface area (Å²) in [5.74, 6) is 0.260. The van der Waals surface area contributed by atoms with E-state index in [4.69, 9.17) is 11.3 Å². The van der Waals surface area contributed by atoms with Gasteiger partial charge in [-0.05, 0) is 24.1 Å². The summed E-state index contributed by atoms with van der Waals surface area (Å²) < 4.78 is 0. The Morgan fingerprint density at radius 2 is 2.25 bits per heavy atom. The van der Waals surface area contributed by atoms with E-state index in [-0.39, 0.29) is 12.4 Å². The first-order chi connectivity index (χ1) is 7.56. The van der Waals surface area contributed by atoms with Gasteiger partial charge < -0.3 is 15.9 Å². The van der Waals surface area contributed by atoms with Crippen LogP contribution < -0.4 is 5.73 Å². The molecule has 86 valence electrons. The van der Waals surface area contributed by atoms with Crippen molar-refractivity contribution in [1.29, 1.82) is 0 Å². The van der Waals surface area contributed by atoms with E-state index < -0.39 is 12.2 Å². The molecule has 0 aliphatic rings. The summed E-state index contributed by atoms with van der Waals surface area (Å²) in [5.41, 5.74) is 14.6. The molecule has 0 fully saturated rings. The van der Waals surface area contributed by atoms with Crippen molar-refractivity contribution in [3.8, 4) is 0 Å². The van der Waals surface area contributed by atoms with Crippen LogP contribution in [0.3, 0.4) is 0 Å². The molecular formula is C9H13N5O2. The second-order valence-electron chi connectivity index (χ2n) is 3.36. The molecule has 1 rings (SSSR count). The lowest BCUT2D eigenvalue weighted by Gasteiger charge is -2.17. The molecule has 0 saturated carbocycles. The van der Waals surface area contributed by atoms with Gasteiger partial charge in [0, 0.05) is 4.91 Å². The predicted molar refractivity (Wildman–Crippen MR) is 58.4 cm³/mol. The summed E-state index contributed by atoms with van der Waals surface area (Å²) in [6, 6.07) is 3.30. The summed E-state index contributed by atoms with van der Waals surface area (Å²) in [7, 11) is 0. The number of hydrogen-bond acceptors (Lipinski definition) is 5. The van der Waals surface area contributed by atoms with Crippen LogP contribution in [0, 0.1) is 6.92 Å². The van der Waals surface area contributed by atoms with Gasteiger partial charge in [0.25, 0.3) is 0 Å². The normalized spacial score (nSPS) is 13.9. The molecule has 7 heteroatoms. The highest BCUT2D eigenvalue weighted by Gasteiger charge is 2.20. The van der Waals surface area contributed by atoms with Crippen molar-refractivity contribution in [3.63, 3.8) is 0 Å². The number of pyridine rings is 1. The summed E-state index contributed by atoms with van der Waals surface area (Å²) >= 11 is 0. The van der Waals surface area contributed by atoms with E-state index >= 15 is 0 Å². The van der Waals surface area contributed by atoms with Gasteiger partial charge in [0.15, 0.2) is 0 Å². The van der Waals surface area contributed by atoms with Crippen molar-refractivity contribution in [3.05, 3.63) is 33.8 Å². The van der Waals surface area contributed by atoms with Crippen LogP contribution in [-0.2, 0) is 0 Å². The van der Waals surface area contributed by atoms with Crippen LogP contribution in [0.2, 0.25) is 0 Å². The number of azide groups is 1. The van der Waals surface area contributed by atoms with Crippen molar-refractivity contribution in [2.75, 3.05) is 12.3 Å². The molecule has 0 aromatic carbocycles. The monoisotopic (exact) mass is 223 g/mol. The van der Waals surface area contributed by atoms with Crippen LogP contribution in [0.1, 0.15) is 17.4 Å². The Morgan fingerprint density at radius 1 is 1.56 bits per heavy atom. The zero-order chi connectivity index (χ0) is 12.1. The molecule has 1 aromatic rings. The van der Waals surface area contributed by atoms with Crippen LogP contribution in [0.4, 0.5) is 5.82 Å². The third-order valence-electron chi connectivity index (χ3n) is 2.13. The molecule has 1 heterocycles. The molecule has 4 N–H and O–H groups in total. The van der Waals surface area contributed by atoms with E-state index in [1.165, 1.54) is 0 Å². The molecule has 16 heavy (non-hydrogen) atoms. The van der Waals surface area contributed by atoms with Crippen LogP contribution in [-0.4, -0.2) is 27.8 Å². The average molecular weight is 223 g/mol. The predicted octanol–water partition coefficient (Wildman–Crippen LogP) is 0.677. The number of rotatable bonds is 4. The van der Waals surface area contributed by atoms with E-state index in [2.05, 4.69) is 15.0 Å². The number of aliphatic hydroxyl groups excluding tert-OH is 2. The van der Waals surface area contributed by atoms with Gasteiger partial charge in [0.2, 0.25) is 0 Å². The fraction of sp³-hybridized carbons (Fsp3) is 0.444. The van der Waals surface area contributed by atoms with Gasteiger partial charge in [-0.1, -0.05) is 11.2 Å². The Kier molecular flexibility index (Phi) is 4.07. The minimum Gasteiger partial charge on any atom is -0.390 e. The van der Waals surface area contributed by atoms with E-state index in [0.29, 0.717) is 11.3 Å². The van der Waals surface area contributed by atoms with Crippen molar-refractivity contribution < 1.29 is 10.2 Å². The van der Waals surface area contributed by atoms with Gasteiger partial charge in [-0.25, -0.2) is 4.98 Å². The zero-order valence-electron chi connectivity index (χ0n) is 8.78. The minimum absolute atomic E-state index is 0.215. The quantitative estimate of drug-likeness (QED) is 0.393. The molecule has 0 aliphatic heterocycles. The Hall–Kier alpha value is -1.82. The number of hydrogen-bond donors (Lipinski definition) is 3. The van der Waals surface area contributed by atoms with Crippen molar-refractivity contribution in [2.45, 2.75) is 19.1 Å². The SMILES string of the molecule is Cc1ccc(N)nc1C(O)C(O)CN=[N+]=[N-]. The molecule has 2 atom stereocenters. The number of aliphatic hydroxyl groups is 2. The third kappa shape index (κ3) is 2.83. The largest absolute Gasteiger partial charge is 0.390 e. The fourth-order valence-corrected chi connectivity index (χ4v) is 1.26. The first-order valence-electron chi connectivity index (χ1n) is 4.66. The minimum atomic E-state index is -1.21. The van der Waals surface area contributed by atoms with E-state index in [9.17, 15) is 10.2 Å². The summed E-state index contributed by atoms with van der Waals surface area (Å²) in [5, 5.41) is 22.5. The number of aromatic nitrogens is 1. The smallest absolute Gasteiger partial charge is 0.123 e. The van der Waals surface area contributed by atoms with Gasteiger partial charge in [-0.2, -0.15) is 0 Å². The second kappa shape index (κ2) is 5.32. The maximum atomic E-state index is 9.77. The first kappa shape index (κ1) is 12.3. The lowest BCUT2D eigenvalue weighted by atomic mass is 10.1. The first-order valence-corrected chi connectivity index (χ1v) is 4.66. The third-order valence-corrected chi connectivity index (χ3v) is 2.13. The second-order valence-corrected chi connectivity index (χ2v) is 3.36. The lowest BCUT2D eigenvalue weighted by molar-refractivity contribution is 0.0215. The van der Waals surface area contributed by atoms with Crippen LogP contribution in [0.15, 0.2) is 17.2 Å². The summed E-state index contributed by atoms with van der Waals surface area (Å²) in [6.07, 6.45) is -2.40. The van der Waals surface area contributed by atoms with Crippen molar-refractivity contribution in [2.24, 2.45) is 5.11 Å². The van der Waals surface area contributed by atoms with Crippen molar-refractivity contribution in [1.82, 2.24) is 4.98 Å². The van der Waals surface area contributed by atoms with Gasteiger partial charge in [-0.3, -0.25) is 0 Å². The summed E-state index contributed by atoms with van der Waals surface area (Å²) in [6.45, 7) is 1.53. The molecule has 0 aliphatic carbocycles. The fourth-order valence-electron chi connectivity index (χ4n) is 1.26. The molecular weight excluding hydrogens is 210 g/mol. The van der Waals surface area contributed by atoms with E-state index in [1.54, 1.807) is 19.1 Å². The average Bonchev–Trinajstić information content (AvgIpc) is 2.28. The number of nitrogen functional groups attached to an aromatic ring is 1. The highest BCUT2D eigenvalue weighted by atomic mass is 16.3. The highest BCUT2D eigenvalue weighted by Crippen LogP contribution is 2.20. The molecule has 1 aromatic heterocycles. The lowest BCUT2D eigenvalue weighted by Crippen LogP contribution is -2.23. The van der Waals surface area contributed by atoms with E-state index in [1.807, 2.05) is 0 Å². The molecule has 0 bridgehead atoms. The Bertz CT molecular complexity index is 416. The van der Waals surface area contributed by atoms with Crippen molar-refractivity contribution >= 4 is 5.82 Å². The maximum absolute atomic E-state index is 9.77. The highest BCUT2D eigenvalue weighted by molar-refractivity contribution is 5.34. The molecule has 0 saturated heterocycles. The number of aryl methyl sites for hydroxylation is 1. The van der Waals surface area contributed by atoms with Gasteiger partial charge >= 0.3 is 0 Å². The van der Waals surface area contributed by atoms with Crippen LogP contribution >= 0.6 is 0 Å². The molecule has 7 nitrogen and oxygen atoms in total. The topological polar surface area (TPSA) is 128 Å². The zero-order valence-corrected chi connectivity index (χ0v) is 8.78.